The molecule has 11 heavy (non-hydrogen) atoms. The summed E-state index contributed by atoms with van der Waals surface area (Å²) in [5, 5.41) is 0. The lowest BCUT2D eigenvalue weighted by Gasteiger charge is -1.91. The van der Waals surface area contributed by atoms with Gasteiger partial charge in [0, 0.05) is 0 Å². The van der Waals surface area contributed by atoms with Crippen LogP contribution in [-0.2, 0) is 0 Å². The van der Waals surface area contributed by atoms with Crippen molar-refractivity contribution in [2.45, 2.75) is 6.92 Å². The quantitative estimate of drug-likeness (QED) is 0.506. The minimum Gasteiger partial charge on any atom is -0.204 e. The lowest BCUT2D eigenvalue weighted by atomic mass is 10.2. The molecule has 1 aromatic rings. The maximum Gasteiger partial charge on any atom is 0.159 e. The van der Waals surface area contributed by atoms with Gasteiger partial charge in [-0.15, -0.1) is 13.2 Å². The molecule has 0 saturated heterocycles. The van der Waals surface area contributed by atoms with Crippen molar-refractivity contribution in [3.05, 3.63) is 48.6 Å². The van der Waals surface area contributed by atoms with Crippen molar-refractivity contribution in [3.8, 4) is 0 Å². The predicted octanol–water partition coefficient (Wildman–Crippen LogP) is 3.08. The molecular weight excluding hydrogens is 146 g/mol. The predicted molar refractivity (Wildman–Crippen MR) is 42.3 cm³/mol. The van der Waals surface area contributed by atoms with Crippen LogP contribution in [-0.4, -0.2) is 0 Å². The maximum absolute atomic E-state index is 12.2. The zero-order valence-electron chi connectivity index (χ0n) is 6.40. The highest BCUT2D eigenvalue weighted by molar-refractivity contribution is 5.15. The zero-order valence-corrected chi connectivity index (χ0v) is 6.40. The van der Waals surface area contributed by atoms with Crippen molar-refractivity contribution in [1.29, 1.82) is 0 Å². The highest BCUT2D eigenvalue weighted by atomic mass is 19.2. The van der Waals surface area contributed by atoms with Crippen LogP contribution < -0.4 is 0 Å². The molecule has 1 rings (SSSR count). The normalized spacial score (nSPS) is 8.27. The van der Waals surface area contributed by atoms with Crippen LogP contribution in [0.3, 0.4) is 0 Å². The average Bonchev–Trinajstić information content (AvgIpc) is 2.02. The van der Waals surface area contributed by atoms with Crippen molar-refractivity contribution >= 4 is 0 Å². The van der Waals surface area contributed by atoms with E-state index >= 15 is 0 Å². The van der Waals surface area contributed by atoms with E-state index in [2.05, 4.69) is 13.2 Å². The lowest BCUT2D eigenvalue weighted by Crippen LogP contribution is -1.82. The van der Waals surface area contributed by atoms with Gasteiger partial charge in [-0.2, -0.15) is 0 Å². The van der Waals surface area contributed by atoms with Gasteiger partial charge >= 0.3 is 0 Å². The molecule has 60 valence electrons. The highest BCUT2D eigenvalue weighted by Gasteiger charge is 1.97. The fraction of sp³-hybridized carbons (Fsp3) is 0.111. The highest BCUT2D eigenvalue weighted by Crippen LogP contribution is 2.06. The molecule has 0 radical (unpaired) electrons. The Morgan fingerprint density at radius 2 is 1.64 bits per heavy atom. The second-order valence-corrected chi connectivity index (χ2v) is 1.92. The van der Waals surface area contributed by atoms with E-state index in [9.17, 15) is 8.78 Å². The van der Waals surface area contributed by atoms with Gasteiger partial charge in [0.2, 0.25) is 0 Å². The van der Waals surface area contributed by atoms with Crippen LogP contribution in [0, 0.1) is 18.6 Å². The first kappa shape index (κ1) is 9.82. The largest absolute Gasteiger partial charge is 0.204 e. The summed E-state index contributed by atoms with van der Waals surface area (Å²) in [6.07, 6.45) is 0. The molecule has 0 atom stereocenters. The minimum absolute atomic E-state index is 0.730. The first-order valence-corrected chi connectivity index (χ1v) is 3.12. The first-order valence-electron chi connectivity index (χ1n) is 3.12. The number of halogens is 2. The van der Waals surface area contributed by atoms with Crippen LogP contribution in [0.25, 0.3) is 0 Å². The van der Waals surface area contributed by atoms with Crippen LogP contribution in [0.2, 0.25) is 0 Å². The smallest absolute Gasteiger partial charge is 0.159 e. The fourth-order valence-electron chi connectivity index (χ4n) is 0.601. The summed E-state index contributed by atoms with van der Waals surface area (Å²) in [6, 6.07) is 3.80. The molecule has 0 amide bonds. The van der Waals surface area contributed by atoms with Gasteiger partial charge in [0.1, 0.15) is 0 Å². The third-order valence-corrected chi connectivity index (χ3v) is 1.08. The molecule has 0 aromatic heterocycles. The third-order valence-electron chi connectivity index (χ3n) is 1.08. The molecule has 0 spiro atoms. The average molecular weight is 156 g/mol. The van der Waals surface area contributed by atoms with Crippen molar-refractivity contribution < 1.29 is 8.78 Å². The summed E-state index contributed by atoms with van der Waals surface area (Å²) >= 11 is 0. The summed E-state index contributed by atoms with van der Waals surface area (Å²) in [6.45, 7) is 7.71. The Morgan fingerprint density at radius 3 is 2.00 bits per heavy atom. The molecular formula is C9H10F2. The van der Waals surface area contributed by atoms with Crippen molar-refractivity contribution in [2.24, 2.45) is 0 Å². The van der Waals surface area contributed by atoms with Gasteiger partial charge in [0.05, 0.1) is 0 Å². The van der Waals surface area contributed by atoms with Gasteiger partial charge in [-0.05, 0) is 24.6 Å². The van der Waals surface area contributed by atoms with E-state index < -0.39 is 11.6 Å². The van der Waals surface area contributed by atoms with Gasteiger partial charge in [-0.1, -0.05) is 6.07 Å². The molecule has 0 aliphatic heterocycles. The van der Waals surface area contributed by atoms with Crippen molar-refractivity contribution in [2.75, 3.05) is 0 Å². The van der Waals surface area contributed by atoms with Gasteiger partial charge in [0.15, 0.2) is 11.6 Å². The van der Waals surface area contributed by atoms with Crippen LogP contribution >= 0.6 is 0 Å². The third kappa shape index (κ3) is 2.94. The second kappa shape index (κ2) is 4.61. The monoisotopic (exact) mass is 156 g/mol. The van der Waals surface area contributed by atoms with E-state index in [-0.39, 0.29) is 0 Å². The molecule has 0 saturated carbocycles. The Balaban J connectivity index is 0.000000461. The summed E-state index contributed by atoms with van der Waals surface area (Å²) in [7, 11) is 0. The van der Waals surface area contributed by atoms with Crippen molar-refractivity contribution in [3.63, 3.8) is 0 Å². The van der Waals surface area contributed by atoms with Gasteiger partial charge in [-0.25, -0.2) is 8.78 Å². The summed E-state index contributed by atoms with van der Waals surface area (Å²) in [4.78, 5) is 0. The van der Waals surface area contributed by atoms with E-state index in [0.29, 0.717) is 0 Å². The van der Waals surface area contributed by atoms with Gasteiger partial charge in [0.25, 0.3) is 0 Å². The second-order valence-electron chi connectivity index (χ2n) is 1.92. The Hall–Kier alpha value is -1.18. The SMILES string of the molecule is C=C.Cc1ccc(F)c(F)c1. The molecule has 0 nitrogen and oxygen atoms in total. The van der Waals surface area contributed by atoms with Crippen LogP contribution in [0.5, 0.6) is 0 Å². The Kier molecular flexibility index (Phi) is 4.11. The Morgan fingerprint density at radius 1 is 1.09 bits per heavy atom. The van der Waals surface area contributed by atoms with Crippen LogP contribution in [0.15, 0.2) is 31.4 Å². The molecule has 0 heterocycles. The molecule has 0 N–H and O–H groups in total. The summed E-state index contributed by atoms with van der Waals surface area (Å²) in [5.41, 5.74) is 0.730. The molecule has 0 bridgehead atoms. The van der Waals surface area contributed by atoms with Crippen LogP contribution in [0.1, 0.15) is 5.56 Å². The summed E-state index contributed by atoms with van der Waals surface area (Å²) in [5.74, 6) is -1.57. The summed E-state index contributed by atoms with van der Waals surface area (Å²) < 4.78 is 24.3. The van der Waals surface area contributed by atoms with Gasteiger partial charge in [-0.3, -0.25) is 0 Å². The van der Waals surface area contributed by atoms with Gasteiger partial charge < -0.3 is 0 Å². The molecule has 1 aromatic carbocycles. The Bertz CT molecular complexity index is 231. The topological polar surface area (TPSA) is 0 Å². The molecule has 0 unspecified atom stereocenters. The minimum atomic E-state index is -0.791. The fourth-order valence-corrected chi connectivity index (χ4v) is 0.601. The van der Waals surface area contributed by atoms with E-state index in [1.165, 1.54) is 6.07 Å². The number of benzene rings is 1. The Labute approximate surface area is 65.2 Å². The number of rotatable bonds is 0. The van der Waals surface area contributed by atoms with E-state index in [4.69, 9.17) is 0 Å². The molecule has 0 fully saturated rings. The zero-order chi connectivity index (χ0) is 8.85. The van der Waals surface area contributed by atoms with E-state index in [1.807, 2.05) is 0 Å². The standard InChI is InChI=1S/C7H6F2.C2H4/c1-5-2-3-6(8)7(9)4-5;1-2/h2-4H,1H3;1-2H2. The molecule has 0 aliphatic rings. The molecule has 0 aliphatic carbocycles. The van der Waals surface area contributed by atoms with Crippen LogP contribution in [0.4, 0.5) is 8.78 Å². The lowest BCUT2D eigenvalue weighted by molar-refractivity contribution is 0.508. The van der Waals surface area contributed by atoms with E-state index in [1.54, 1.807) is 6.92 Å². The first-order chi connectivity index (χ1) is 5.20. The number of hydrogen-bond donors (Lipinski definition) is 0. The maximum atomic E-state index is 12.2. The van der Waals surface area contributed by atoms with E-state index in [0.717, 1.165) is 17.7 Å². The molecule has 2 heteroatoms. The van der Waals surface area contributed by atoms with Crippen molar-refractivity contribution in [1.82, 2.24) is 0 Å². The number of hydrogen-bond acceptors (Lipinski definition) is 0. The number of aryl methyl sites for hydroxylation is 1.